The Morgan fingerprint density at radius 2 is 2.10 bits per heavy atom. The average molecular weight is 292 g/mol. The van der Waals surface area contributed by atoms with Crippen LogP contribution in [-0.4, -0.2) is 51.6 Å². The molecule has 0 saturated carbocycles. The van der Waals surface area contributed by atoms with E-state index in [4.69, 9.17) is 5.11 Å². The Labute approximate surface area is 125 Å². The fraction of sp³-hybridized carbons (Fsp3) is 0.667. The Morgan fingerprint density at radius 3 is 2.57 bits per heavy atom. The lowest BCUT2D eigenvalue weighted by molar-refractivity contribution is -0.135. The Kier molecular flexibility index (Phi) is 4.46. The summed E-state index contributed by atoms with van der Waals surface area (Å²) < 4.78 is 0. The van der Waals surface area contributed by atoms with Gasteiger partial charge in [-0.1, -0.05) is 6.92 Å². The number of likely N-dealkylation sites (N-methyl/N-ethyl adjacent to an activating group) is 1. The molecule has 1 aromatic heterocycles. The van der Waals surface area contributed by atoms with Gasteiger partial charge in [0.05, 0.1) is 0 Å². The third-order valence-corrected chi connectivity index (χ3v) is 4.63. The smallest absolute Gasteiger partial charge is 0.323 e. The van der Waals surface area contributed by atoms with E-state index in [1.165, 1.54) is 11.3 Å². The van der Waals surface area contributed by atoms with Crippen molar-refractivity contribution in [1.82, 2.24) is 14.9 Å². The first-order chi connectivity index (χ1) is 9.80. The van der Waals surface area contributed by atoms with E-state index in [-0.39, 0.29) is 12.1 Å². The molecule has 0 bridgehead atoms. The lowest BCUT2D eigenvalue weighted by Gasteiger charge is -2.34. The number of nitrogens with zero attached hydrogens (tertiary/aromatic N) is 4. The highest BCUT2D eigenvalue weighted by Gasteiger charge is 2.38. The van der Waals surface area contributed by atoms with Gasteiger partial charge in [0.1, 0.15) is 6.54 Å². The van der Waals surface area contributed by atoms with E-state index in [1.807, 2.05) is 0 Å². The van der Waals surface area contributed by atoms with Gasteiger partial charge in [-0.05, 0) is 32.7 Å². The average Bonchev–Trinajstić information content (AvgIpc) is 2.65. The molecular formula is C15H24N4O2. The number of carboxylic acids is 1. The number of anilines is 1. The van der Waals surface area contributed by atoms with Crippen molar-refractivity contribution in [3.8, 4) is 0 Å². The van der Waals surface area contributed by atoms with Crippen LogP contribution in [-0.2, 0) is 11.3 Å². The van der Waals surface area contributed by atoms with Crippen LogP contribution in [0.15, 0.2) is 12.4 Å². The van der Waals surface area contributed by atoms with E-state index in [0.717, 1.165) is 18.7 Å². The zero-order valence-electron chi connectivity index (χ0n) is 13.2. The van der Waals surface area contributed by atoms with Gasteiger partial charge in [-0.15, -0.1) is 0 Å². The van der Waals surface area contributed by atoms with Crippen molar-refractivity contribution >= 4 is 11.9 Å². The summed E-state index contributed by atoms with van der Waals surface area (Å²) in [5.74, 6) is 0.229. The molecule has 0 radical (unpaired) electrons. The van der Waals surface area contributed by atoms with Crippen LogP contribution in [0.2, 0.25) is 0 Å². The van der Waals surface area contributed by atoms with Crippen LogP contribution >= 0.6 is 0 Å². The number of aliphatic carboxylic acids is 1. The Hall–Kier alpha value is -1.69. The molecule has 1 atom stereocenters. The van der Waals surface area contributed by atoms with Crippen molar-refractivity contribution in [3.63, 3.8) is 0 Å². The Bertz CT molecular complexity index is 501. The first-order valence-electron chi connectivity index (χ1n) is 7.29. The molecule has 1 N–H and O–H groups in total. The first-order valence-corrected chi connectivity index (χ1v) is 7.29. The van der Waals surface area contributed by atoms with Gasteiger partial charge in [0, 0.05) is 37.1 Å². The fourth-order valence-electron chi connectivity index (χ4n) is 2.71. The topological polar surface area (TPSA) is 69.6 Å². The molecule has 2 heterocycles. The molecule has 1 aromatic rings. The van der Waals surface area contributed by atoms with Crippen LogP contribution in [0, 0.1) is 5.92 Å². The number of rotatable bonds is 5. The van der Waals surface area contributed by atoms with Crippen molar-refractivity contribution in [2.45, 2.75) is 39.3 Å². The zero-order chi connectivity index (χ0) is 15.6. The summed E-state index contributed by atoms with van der Waals surface area (Å²) in [5.41, 5.74) is 1.25. The number of likely N-dealkylation sites (tertiary alicyclic amines) is 1. The third kappa shape index (κ3) is 3.50. The van der Waals surface area contributed by atoms with E-state index >= 15 is 0 Å². The number of carboxylic acid groups (broad SMARTS) is 1. The molecule has 1 aliphatic rings. The number of hydrogen-bond donors (Lipinski definition) is 1. The lowest BCUT2D eigenvalue weighted by atomic mass is 9.90. The van der Waals surface area contributed by atoms with Crippen molar-refractivity contribution in [2.24, 2.45) is 5.92 Å². The van der Waals surface area contributed by atoms with E-state index in [2.05, 4.69) is 35.6 Å². The fourth-order valence-corrected chi connectivity index (χ4v) is 2.71. The second-order valence-corrected chi connectivity index (χ2v) is 6.41. The Morgan fingerprint density at radius 1 is 1.48 bits per heavy atom. The predicted octanol–water partition coefficient (Wildman–Crippen LogP) is 1.62. The van der Waals surface area contributed by atoms with Gasteiger partial charge in [0.25, 0.3) is 0 Å². The largest absolute Gasteiger partial charge is 0.480 e. The molecule has 0 unspecified atom stereocenters. The maximum atomic E-state index is 10.7. The van der Waals surface area contributed by atoms with E-state index < -0.39 is 5.97 Å². The minimum atomic E-state index is -0.891. The van der Waals surface area contributed by atoms with Gasteiger partial charge in [-0.3, -0.25) is 9.69 Å². The molecular weight excluding hydrogens is 268 g/mol. The second-order valence-electron chi connectivity index (χ2n) is 6.41. The molecule has 21 heavy (non-hydrogen) atoms. The van der Waals surface area contributed by atoms with Crippen LogP contribution in [0.5, 0.6) is 0 Å². The van der Waals surface area contributed by atoms with Gasteiger partial charge in [0.2, 0.25) is 5.95 Å². The normalized spacial score (nSPS) is 21.4. The quantitative estimate of drug-likeness (QED) is 0.889. The van der Waals surface area contributed by atoms with Gasteiger partial charge < -0.3 is 10.0 Å². The molecule has 6 heteroatoms. The highest BCUT2D eigenvalue weighted by atomic mass is 16.4. The monoisotopic (exact) mass is 292 g/mol. The van der Waals surface area contributed by atoms with Gasteiger partial charge >= 0.3 is 5.97 Å². The molecule has 1 fully saturated rings. The van der Waals surface area contributed by atoms with Gasteiger partial charge in [0.15, 0.2) is 0 Å². The standard InChI is InChI=1S/C15H24N4O2/c1-11-5-6-19(15(11,2)3)9-12-7-16-14(17-8-12)18(4)10-13(20)21/h7-8,11H,5-6,9-10H2,1-4H3,(H,20,21)/t11-/m1/s1. The second kappa shape index (κ2) is 5.97. The summed E-state index contributed by atoms with van der Waals surface area (Å²) in [6.45, 7) is 8.67. The van der Waals surface area contributed by atoms with Gasteiger partial charge in [-0.2, -0.15) is 0 Å². The number of aromatic nitrogens is 2. The molecule has 116 valence electrons. The summed E-state index contributed by atoms with van der Waals surface area (Å²) in [6.07, 6.45) is 4.80. The molecule has 1 aliphatic heterocycles. The summed E-state index contributed by atoms with van der Waals surface area (Å²) in [7, 11) is 1.67. The molecule has 0 spiro atoms. The molecule has 0 amide bonds. The summed E-state index contributed by atoms with van der Waals surface area (Å²) in [4.78, 5) is 23.2. The zero-order valence-corrected chi connectivity index (χ0v) is 13.2. The minimum absolute atomic E-state index is 0.101. The van der Waals surface area contributed by atoms with E-state index in [9.17, 15) is 4.79 Å². The third-order valence-electron chi connectivity index (χ3n) is 4.63. The summed E-state index contributed by atoms with van der Waals surface area (Å²) in [6, 6.07) is 0. The number of hydrogen-bond acceptors (Lipinski definition) is 5. The maximum absolute atomic E-state index is 10.7. The first kappa shape index (κ1) is 15.7. The highest BCUT2D eigenvalue weighted by molar-refractivity contribution is 5.72. The van der Waals surface area contributed by atoms with Gasteiger partial charge in [-0.25, -0.2) is 9.97 Å². The van der Waals surface area contributed by atoms with Crippen molar-refractivity contribution < 1.29 is 9.90 Å². The highest BCUT2D eigenvalue weighted by Crippen LogP contribution is 2.34. The Balaban J connectivity index is 2.01. The molecule has 6 nitrogen and oxygen atoms in total. The van der Waals surface area contributed by atoms with E-state index in [0.29, 0.717) is 11.9 Å². The minimum Gasteiger partial charge on any atom is -0.480 e. The maximum Gasteiger partial charge on any atom is 0.323 e. The molecule has 0 aromatic carbocycles. The van der Waals surface area contributed by atoms with E-state index in [1.54, 1.807) is 19.4 Å². The summed E-state index contributed by atoms with van der Waals surface area (Å²) >= 11 is 0. The summed E-state index contributed by atoms with van der Waals surface area (Å²) in [5, 5.41) is 8.77. The van der Waals surface area contributed by atoms with Crippen LogP contribution < -0.4 is 4.90 Å². The van der Waals surface area contributed by atoms with Crippen LogP contribution in [0.3, 0.4) is 0 Å². The van der Waals surface area contributed by atoms with Crippen LogP contribution in [0.25, 0.3) is 0 Å². The number of carbonyl (C=O) groups is 1. The lowest BCUT2D eigenvalue weighted by Crippen LogP contribution is -2.41. The van der Waals surface area contributed by atoms with Crippen molar-refractivity contribution in [3.05, 3.63) is 18.0 Å². The van der Waals surface area contributed by atoms with Crippen LogP contribution in [0.1, 0.15) is 32.8 Å². The predicted molar refractivity (Wildman–Crippen MR) is 81.2 cm³/mol. The van der Waals surface area contributed by atoms with Crippen molar-refractivity contribution in [1.29, 1.82) is 0 Å². The van der Waals surface area contributed by atoms with Crippen molar-refractivity contribution in [2.75, 3.05) is 25.0 Å². The molecule has 2 rings (SSSR count). The molecule has 1 saturated heterocycles. The molecule has 0 aliphatic carbocycles. The SMILES string of the molecule is C[C@@H]1CCN(Cc2cnc(N(C)CC(=O)O)nc2)C1(C)C. The van der Waals surface area contributed by atoms with Crippen LogP contribution in [0.4, 0.5) is 5.95 Å².